The van der Waals surface area contributed by atoms with Gasteiger partial charge >= 0.3 is 0 Å². The van der Waals surface area contributed by atoms with Crippen LogP contribution in [0.4, 0.5) is 0 Å². The average molecular weight is 339 g/mol. The second kappa shape index (κ2) is 5.56. The van der Waals surface area contributed by atoms with E-state index in [-0.39, 0.29) is 17.9 Å². The maximum atomic E-state index is 12.9. The van der Waals surface area contributed by atoms with Gasteiger partial charge in [0.05, 0.1) is 6.04 Å². The van der Waals surface area contributed by atoms with Crippen molar-refractivity contribution >= 4 is 11.8 Å². The molecule has 3 aliphatic heterocycles. The average Bonchev–Trinajstić information content (AvgIpc) is 3.01. The van der Waals surface area contributed by atoms with Crippen molar-refractivity contribution in [1.82, 2.24) is 15.1 Å². The Morgan fingerprint density at radius 1 is 1.00 bits per heavy atom. The molecule has 5 rings (SSSR count). The summed E-state index contributed by atoms with van der Waals surface area (Å²) in [7, 11) is 0. The number of nitrogens with zero attached hydrogens (tertiary/aromatic N) is 2. The van der Waals surface area contributed by atoms with Crippen LogP contribution in [0, 0.1) is 29.6 Å². The highest BCUT2D eigenvalue weighted by atomic mass is 16.2. The molecule has 3 heterocycles. The van der Waals surface area contributed by atoms with Gasteiger partial charge in [0.2, 0.25) is 11.8 Å². The zero-order valence-electron chi connectivity index (χ0n) is 14.6. The van der Waals surface area contributed by atoms with E-state index in [1.54, 1.807) is 6.92 Å². The Morgan fingerprint density at radius 3 is 2.40 bits per heavy atom. The van der Waals surface area contributed by atoms with Crippen LogP contribution in [-0.4, -0.2) is 54.3 Å². The third kappa shape index (κ3) is 2.32. The molecule has 5 heteroatoms. The fourth-order valence-corrected chi connectivity index (χ4v) is 5.62. The summed E-state index contributed by atoms with van der Waals surface area (Å²) < 4.78 is 0. The lowest BCUT2D eigenvalue weighted by Gasteiger charge is -2.29. The van der Waals surface area contributed by atoms with Crippen LogP contribution in [0.2, 0.25) is 0 Å². The van der Waals surface area contributed by atoms with E-state index in [1.807, 2.05) is 23.1 Å². The molecule has 1 saturated carbocycles. The number of hydrogen-bond acceptors (Lipinski definition) is 3. The lowest BCUT2D eigenvalue weighted by atomic mass is 9.89. The normalized spacial score (nSPS) is 38.6. The first-order valence-electron chi connectivity index (χ1n) is 9.47. The topological polar surface area (TPSA) is 52.7 Å². The van der Waals surface area contributed by atoms with Crippen molar-refractivity contribution < 1.29 is 9.59 Å². The van der Waals surface area contributed by atoms with E-state index < -0.39 is 0 Å². The Labute approximate surface area is 148 Å². The largest absolute Gasteiger partial charge is 0.342 e. The summed E-state index contributed by atoms with van der Waals surface area (Å²) in [6.45, 7) is 6.08. The fraction of sp³-hybridized carbons (Fsp3) is 0.600. The molecule has 6 atom stereocenters. The third-order valence-electron chi connectivity index (χ3n) is 6.90. The maximum Gasteiger partial charge on any atom is 0.226 e. The van der Waals surface area contributed by atoms with Crippen molar-refractivity contribution in [1.29, 1.82) is 0 Å². The van der Waals surface area contributed by atoms with E-state index in [0.29, 0.717) is 29.6 Å². The van der Waals surface area contributed by atoms with Gasteiger partial charge in [0.15, 0.2) is 0 Å². The highest BCUT2D eigenvalue weighted by Gasteiger charge is 2.59. The molecule has 0 spiro atoms. The van der Waals surface area contributed by atoms with E-state index in [1.165, 1.54) is 5.56 Å². The molecule has 4 aliphatic rings. The molecule has 0 bridgehead atoms. The molecule has 2 amide bonds. The quantitative estimate of drug-likeness (QED) is 0.879. The zero-order valence-corrected chi connectivity index (χ0v) is 14.6. The molecule has 0 aromatic heterocycles. The summed E-state index contributed by atoms with van der Waals surface area (Å²) in [4.78, 5) is 29.2. The second-order valence-corrected chi connectivity index (χ2v) is 8.21. The van der Waals surface area contributed by atoms with E-state index in [9.17, 15) is 9.59 Å². The number of nitrogens with one attached hydrogen (secondary N) is 1. The first-order chi connectivity index (χ1) is 12.1. The van der Waals surface area contributed by atoms with Crippen LogP contribution in [-0.2, 0) is 9.59 Å². The van der Waals surface area contributed by atoms with Crippen LogP contribution in [0.25, 0.3) is 0 Å². The monoisotopic (exact) mass is 339 g/mol. The van der Waals surface area contributed by atoms with E-state index in [0.717, 1.165) is 32.7 Å². The second-order valence-electron chi connectivity index (χ2n) is 8.21. The van der Waals surface area contributed by atoms with Gasteiger partial charge in [-0.15, -0.1) is 0 Å². The van der Waals surface area contributed by atoms with Crippen molar-refractivity contribution in [2.45, 2.75) is 13.0 Å². The summed E-state index contributed by atoms with van der Waals surface area (Å²) in [5.41, 5.74) is 1.20. The molecule has 4 fully saturated rings. The van der Waals surface area contributed by atoms with Crippen molar-refractivity contribution in [2.75, 3.05) is 32.7 Å². The minimum Gasteiger partial charge on any atom is -0.342 e. The Hall–Kier alpha value is -1.88. The first kappa shape index (κ1) is 15.4. The number of benzene rings is 1. The van der Waals surface area contributed by atoms with Gasteiger partial charge in [-0.25, -0.2) is 0 Å². The molecule has 0 radical (unpaired) electrons. The first-order valence-corrected chi connectivity index (χ1v) is 9.47. The van der Waals surface area contributed by atoms with E-state index in [2.05, 4.69) is 22.3 Å². The molecular weight excluding hydrogens is 314 g/mol. The predicted molar refractivity (Wildman–Crippen MR) is 93.5 cm³/mol. The van der Waals surface area contributed by atoms with Crippen LogP contribution in [0.15, 0.2) is 30.3 Å². The van der Waals surface area contributed by atoms with Crippen LogP contribution >= 0.6 is 0 Å². The smallest absolute Gasteiger partial charge is 0.226 e. The molecule has 5 nitrogen and oxygen atoms in total. The number of hydrogen-bond donors (Lipinski definition) is 1. The lowest BCUT2D eigenvalue weighted by molar-refractivity contribution is -0.133. The van der Waals surface area contributed by atoms with Gasteiger partial charge in [0, 0.05) is 44.3 Å². The van der Waals surface area contributed by atoms with Gasteiger partial charge < -0.3 is 15.1 Å². The van der Waals surface area contributed by atoms with E-state index in [4.69, 9.17) is 0 Å². The molecule has 1 aromatic rings. The highest BCUT2D eigenvalue weighted by molar-refractivity contribution is 5.83. The molecule has 3 saturated heterocycles. The zero-order chi connectivity index (χ0) is 17.1. The van der Waals surface area contributed by atoms with Crippen LogP contribution in [0.3, 0.4) is 0 Å². The predicted octanol–water partition coefficient (Wildman–Crippen LogP) is 1.13. The molecule has 1 unspecified atom stereocenters. The Bertz CT molecular complexity index is 696. The van der Waals surface area contributed by atoms with Crippen molar-refractivity contribution in [2.24, 2.45) is 29.6 Å². The van der Waals surface area contributed by atoms with Crippen LogP contribution in [0.1, 0.15) is 18.5 Å². The number of likely N-dealkylation sites (tertiary alicyclic amines) is 2. The Balaban J connectivity index is 1.36. The highest BCUT2D eigenvalue weighted by Crippen LogP contribution is 2.51. The molecule has 132 valence electrons. The number of rotatable bonds is 2. The SMILES string of the molecule is CC(=O)N1C[C@H]2CN(C(=O)C3[C@H]4CNC[C@@H]34)C[C@H]2[C@H]1c1ccccc1. The summed E-state index contributed by atoms with van der Waals surface area (Å²) >= 11 is 0. The number of amides is 2. The van der Waals surface area contributed by atoms with Crippen LogP contribution < -0.4 is 5.32 Å². The summed E-state index contributed by atoms with van der Waals surface area (Å²) in [5.74, 6) is 2.70. The van der Waals surface area contributed by atoms with Crippen LogP contribution in [0.5, 0.6) is 0 Å². The summed E-state index contributed by atoms with van der Waals surface area (Å²) in [5, 5.41) is 3.37. The Morgan fingerprint density at radius 2 is 1.72 bits per heavy atom. The van der Waals surface area contributed by atoms with Gasteiger partial charge in [-0.2, -0.15) is 0 Å². The number of carbonyl (C=O) groups is 2. The standard InChI is InChI=1S/C20H25N3O2/c1-12(24)23-10-14-9-22(20(25)18-15-7-21-8-16(15)18)11-17(14)19(23)13-5-3-2-4-6-13/h2-6,14-19,21H,7-11H2,1H3/t14-,15-,16+,17-,18?,19-/m1/s1. The van der Waals surface area contributed by atoms with Gasteiger partial charge in [-0.05, 0) is 30.5 Å². The van der Waals surface area contributed by atoms with Gasteiger partial charge in [-0.1, -0.05) is 30.3 Å². The van der Waals surface area contributed by atoms with Gasteiger partial charge in [0.25, 0.3) is 0 Å². The number of piperidine rings is 1. The van der Waals surface area contributed by atoms with Crippen molar-refractivity contribution in [3.05, 3.63) is 35.9 Å². The fourth-order valence-electron chi connectivity index (χ4n) is 5.62. The minimum absolute atomic E-state index is 0.113. The number of fused-ring (bicyclic) bond motifs is 2. The third-order valence-corrected chi connectivity index (χ3v) is 6.90. The van der Waals surface area contributed by atoms with Gasteiger partial charge in [0.1, 0.15) is 0 Å². The Kier molecular flexibility index (Phi) is 3.42. The molecule has 1 aromatic carbocycles. The minimum atomic E-state index is 0.113. The molecule has 25 heavy (non-hydrogen) atoms. The van der Waals surface area contributed by atoms with Gasteiger partial charge in [-0.3, -0.25) is 9.59 Å². The van der Waals surface area contributed by atoms with Crippen molar-refractivity contribution in [3.8, 4) is 0 Å². The molecule has 1 N–H and O–H groups in total. The number of carbonyl (C=O) groups excluding carboxylic acids is 2. The maximum absolute atomic E-state index is 12.9. The van der Waals surface area contributed by atoms with Crippen molar-refractivity contribution in [3.63, 3.8) is 0 Å². The summed E-state index contributed by atoms with van der Waals surface area (Å²) in [6, 6.07) is 10.4. The molecular formula is C20H25N3O2. The lowest BCUT2D eigenvalue weighted by Crippen LogP contribution is -2.38. The summed E-state index contributed by atoms with van der Waals surface area (Å²) in [6.07, 6.45) is 0. The molecule has 1 aliphatic carbocycles. The van der Waals surface area contributed by atoms with E-state index >= 15 is 0 Å².